The highest BCUT2D eigenvalue weighted by molar-refractivity contribution is 5.09. The summed E-state index contributed by atoms with van der Waals surface area (Å²) in [5.41, 5.74) is -0.886. The van der Waals surface area contributed by atoms with Crippen LogP contribution in [0, 0.1) is 0 Å². The molecule has 15 heavy (non-hydrogen) atoms. The van der Waals surface area contributed by atoms with Crippen LogP contribution in [0.25, 0.3) is 0 Å². The Bertz CT molecular complexity index is 352. The maximum atomic E-state index is 12.5. The second-order valence-corrected chi connectivity index (χ2v) is 3.93. The zero-order valence-corrected chi connectivity index (χ0v) is 8.30. The molecule has 1 aliphatic carbocycles. The van der Waals surface area contributed by atoms with Gasteiger partial charge in [-0.15, -0.1) is 0 Å². The zero-order valence-electron chi connectivity index (χ0n) is 8.30. The minimum atomic E-state index is -4.15. The summed E-state index contributed by atoms with van der Waals surface area (Å²) in [6.07, 6.45) is -0.655. The van der Waals surface area contributed by atoms with E-state index < -0.39 is 11.7 Å². The van der Waals surface area contributed by atoms with Crippen LogP contribution in [0.3, 0.4) is 0 Å². The number of hydrogen-bond acceptors (Lipinski definition) is 2. The fourth-order valence-electron chi connectivity index (χ4n) is 1.50. The van der Waals surface area contributed by atoms with E-state index in [0.717, 1.165) is 5.69 Å². The second-order valence-electron chi connectivity index (χ2n) is 3.93. The number of imidazole rings is 1. The molecule has 1 N–H and O–H groups in total. The van der Waals surface area contributed by atoms with Gasteiger partial charge in [0.05, 0.1) is 12.0 Å². The van der Waals surface area contributed by atoms with Crippen molar-refractivity contribution in [3.8, 4) is 0 Å². The first-order chi connectivity index (χ1) is 6.95. The SMILES string of the molecule is Cn1cncc1CNC1(C(F)(F)F)CC1. The van der Waals surface area contributed by atoms with Crippen LogP contribution in [0.15, 0.2) is 12.5 Å². The lowest BCUT2D eigenvalue weighted by Gasteiger charge is -2.20. The number of hydrogen-bond donors (Lipinski definition) is 1. The average Bonchev–Trinajstić information content (AvgIpc) is 2.82. The van der Waals surface area contributed by atoms with Gasteiger partial charge in [-0.3, -0.25) is 5.32 Å². The Morgan fingerprint density at radius 3 is 2.60 bits per heavy atom. The minimum Gasteiger partial charge on any atom is -0.337 e. The third-order valence-corrected chi connectivity index (χ3v) is 2.82. The topological polar surface area (TPSA) is 29.9 Å². The van der Waals surface area contributed by atoms with Crippen LogP contribution in [-0.2, 0) is 13.6 Å². The summed E-state index contributed by atoms with van der Waals surface area (Å²) in [5.74, 6) is 0. The monoisotopic (exact) mass is 219 g/mol. The highest BCUT2D eigenvalue weighted by Crippen LogP contribution is 2.48. The molecule has 0 radical (unpaired) electrons. The molecule has 0 aliphatic heterocycles. The summed E-state index contributed by atoms with van der Waals surface area (Å²) >= 11 is 0. The molecule has 0 aromatic carbocycles. The summed E-state index contributed by atoms with van der Waals surface area (Å²) in [6, 6.07) is 0. The van der Waals surface area contributed by atoms with Crippen LogP contribution in [0.2, 0.25) is 0 Å². The molecule has 1 saturated carbocycles. The van der Waals surface area contributed by atoms with Crippen molar-refractivity contribution in [2.75, 3.05) is 0 Å². The van der Waals surface area contributed by atoms with Crippen LogP contribution in [0.4, 0.5) is 13.2 Å². The van der Waals surface area contributed by atoms with E-state index in [1.165, 1.54) is 0 Å². The molecule has 1 aromatic heterocycles. The van der Waals surface area contributed by atoms with Crippen molar-refractivity contribution < 1.29 is 13.2 Å². The Labute approximate surface area is 85.3 Å². The van der Waals surface area contributed by atoms with Crippen molar-refractivity contribution in [3.63, 3.8) is 0 Å². The van der Waals surface area contributed by atoms with E-state index in [9.17, 15) is 13.2 Å². The molecule has 0 spiro atoms. The number of halogens is 3. The lowest BCUT2D eigenvalue weighted by Crippen LogP contribution is -2.44. The first-order valence-electron chi connectivity index (χ1n) is 4.72. The maximum absolute atomic E-state index is 12.5. The zero-order chi connectivity index (χ0) is 11.1. The standard InChI is InChI=1S/C9H12F3N3/c1-15-6-13-4-7(15)5-14-8(2-3-8)9(10,11)12/h4,6,14H,2-3,5H2,1H3. The van der Waals surface area contributed by atoms with Gasteiger partial charge in [0, 0.05) is 19.8 Å². The van der Waals surface area contributed by atoms with Gasteiger partial charge in [0.1, 0.15) is 5.54 Å². The number of aryl methyl sites for hydroxylation is 1. The van der Waals surface area contributed by atoms with Crippen LogP contribution >= 0.6 is 0 Å². The summed E-state index contributed by atoms with van der Waals surface area (Å²) < 4.78 is 39.3. The molecule has 3 nitrogen and oxygen atoms in total. The van der Waals surface area contributed by atoms with Crippen LogP contribution < -0.4 is 5.32 Å². The van der Waals surface area contributed by atoms with Crippen LogP contribution in [0.1, 0.15) is 18.5 Å². The summed E-state index contributed by atoms with van der Waals surface area (Å²) in [6.45, 7) is 0.204. The quantitative estimate of drug-likeness (QED) is 0.836. The first-order valence-corrected chi connectivity index (χ1v) is 4.72. The van der Waals surface area contributed by atoms with E-state index in [0.29, 0.717) is 0 Å². The smallest absolute Gasteiger partial charge is 0.337 e. The van der Waals surface area contributed by atoms with Gasteiger partial charge in [-0.05, 0) is 12.8 Å². The van der Waals surface area contributed by atoms with Gasteiger partial charge in [-0.25, -0.2) is 4.98 Å². The fraction of sp³-hybridized carbons (Fsp3) is 0.667. The van der Waals surface area contributed by atoms with E-state index in [1.54, 1.807) is 24.1 Å². The Kier molecular flexibility index (Phi) is 2.26. The summed E-state index contributed by atoms with van der Waals surface area (Å²) in [7, 11) is 1.76. The highest BCUT2D eigenvalue weighted by atomic mass is 19.4. The lowest BCUT2D eigenvalue weighted by molar-refractivity contribution is -0.166. The largest absolute Gasteiger partial charge is 0.406 e. The summed E-state index contributed by atoms with van der Waals surface area (Å²) in [4.78, 5) is 3.85. The molecule has 84 valence electrons. The van der Waals surface area contributed by atoms with Crippen molar-refractivity contribution in [2.45, 2.75) is 31.1 Å². The van der Waals surface area contributed by atoms with Gasteiger partial charge in [0.25, 0.3) is 0 Å². The molecular formula is C9H12F3N3. The number of nitrogens with zero attached hydrogens (tertiary/aromatic N) is 2. The molecule has 0 atom stereocenters. The van der Waals surface area contributed by atoms with Crippen molar-refractivity contribution in [1.82, 2.24) is 14.9 Å². The molecular weight excluding hydrogens is 207 g/mol. The van der Waals surface area contributed by atoms with Gasteiger partial charge in [-0.1, -0.05) is 0 Å². The van der Waals surface area contributed by atoms with Crippen molar-refractivity contribution in [2.24, 2.45) is 7.05 Å². The number of nitrogens with one attached hydrogen (secondary N) is 1. The van der Waals surface area contributed by atoms with E-state index in [-0.39, 0.29) is 19.4 Å². The molecule has 1 heterocycles. The Hall–Kier alpha value is -1.04. The van der Waals surface area contributed by atoms with Gasteiger partial charge in [0.2, 0.25) is 0 Å². The lowest BCUT2D eigenvalue weighted by atomic mass is 10.2. The molecule has 0 saturated heterocycles. The van der Waals surface area contributed by atoms with Crippen molar-refractivity contribution in [3.05, 3.63) is 18.2 Å². The van der Waals surface area contributed by atoms with Gasteiger partial charge in [-0.2, -0.15) is 13.2 Å². The van der Waals surface area contributed by atoms with E-state index in [4.69, 9.17) is 0 Å². The van der Waals surface area contributed by atoms with Gasteiger partial charge >= 0.3 is 6.18 Å². The second kappa shape index (κ2) is 3.23. The number of rotatable bonds is 3. The van der Waals surface area contributed by atoms with Crippen LogP contribution in [-0.4, -0.2) is 21.3 Å². The molecule has 1 aliphatic rings. The molecule has 1 fully saturated rings. The molecule has 0 bridgehead atoms. The predicted octanol–water partition coefficient (Wildman–Crippen LogP) is 1.60. The molecule has 0 amide bonds. The third kappa shape index (κ3) is 1.86. The number of alkyl halides is 3. The predicted molar refractivity (Wildman–Crippen MR) is 48.1 cm³/mol. The fourth-order valence-corrected chi connectivity index (χ4v) is 1.50. The molecule has 2 rings (SSSR count). The maximum Gasteiger partial charge on any atom is 0.406 e. The van der Waals surface area contributed by atoms with E-state index >= 15 is 0 Å². The minimum absolute atomic E-state index is 0.175. The normalized spacial score (nSPS) is 19.2. The third-order valence-electron chi connectivity index (χ3n) is 2.82. The molecule has 1 aromatic rings. The van der Waals surface area contributed by atoms with E-state index in [2.05, 4.69) is 10.3 Å². The molecule has 0 unspecified atom stereocenters. The van der Waals surface area contributed by atoms with Gasteiger partial charge < -0.3 is 4.57 Å². The number of aromatic nitrogens is 2. The Morgan fingerprint density at radius 1 is 1.53 bits per heavy atom. The van der Waals surface area contributed by atoms with Crippen molar-refractivity contribution in [1.29, 1.82) is 0 Å². The van der Waals surface area contributed by atoms with E-state index in [1.807, 2.05) is 0 Å². The Morgan fingerprint density at radius 2 is 2.20 bits per heavy atom. The Balaban J connectivity index is 1.97. The van der Waals surface area contributed by atoms with Crippen LogP contribution in [0.5, 0.6) is 0 Å². The van der Waals surface area contributed by atoms with Crippen molar-refractivity contribution >= 4 is 0 Å². The first kappa shape index (κ1) is 10.5. The highest BCUT2D eigenvalue weighted by Gasteiger charge is 2.62. The summed E-state index contributed by atoms with van der Waals surface area (Å²) in [5, 5.41) is 2.57. The average molecular weight is 219 g/mol. The molecule has 6 heteroatoms. The van der Waals surface area contributed by atoms with Gasteiger partial charge in [0.15, 0.2) is 0 Å².